The highest BCUT2D eigenvalue weighted by atomic mass is 32.1. The maximum atomic E-state index is 5.34. The molecule has 90 valence electrons. The van der Waals surface area contributed by atoms with Gasteiger partial charge in [-0.25, -0.2) is 0 Å². The molecule has 0 saturated carbocycles. The van der Waals surface area contributed by atoms with E-state index in [0.717, 1.165) is 23.5 Å². The molecular weight excluding hydrogens is 230 g/mol. The Kier molecular flexibility index (Phi) is 6.74. The van der Waals surface area contributed by atoms with Gasteiger partial charge in [-0.1, -0.05) is 0 Å². The standard InChI is InChI=1S/C9H22NO3SSi/c1-10(2,9-14)7-6-8-15(11-3,12-4)13-5/h9H,6-8H2,1-5H3/q+1. The molecule has 0 rings (SSSR count). The number of thiocarbonyl (C=S) groups is 1. The lowest BCUT2D eigenvalue weighted by Crippen LogP contribution is -2.44. The van der Waals surface area contributed by atoms with Crippen LogP contribution >= 0.6 is 12.2 Å². The van der Waals surface area contributed by atoms with Gasteiger partial charge >= 0.3 is 8.80 Å². The first kappa shape index (κ1) is 15.1. The van der Waals surface area contributed by atoms with Crippen LogP contribution in [0.3, 0.4) is 0 Å². The first-order chi connectivity index (χ1) is 6.95. The highest BCUT2D eigenvalue weighted by Crippen LogP contribution is 2.15. The molecule has 0 amide bonds. The van der Waals surface area contributed by atoms with E-state index in [2.05, 4.69) is 14.1 Å². The zero-order valence-corrected chi connectivity index (χ0v) is 12.1. The molecule has 0 bridgehead atoms. The van der Waals surface area contributed by atoms with Crippen LogP contribution in [0.1, 0.15) is 6.42 Å². The van der Waals surface area contributed by atoms with Crippen molar-refractivity contribution in [1.82, 2.24) is 0 Å². The SMILES string of the molecule is CO[Si](CCC[N+](C)(C)C=S)(OC)OC. The van der Waals surface area contributed by atoms with Gasteiger partial charge in [0.1, 0.15) is 0 Å². The van der Waals surface area contributed by atoms with Gasteiger partial charge in [0.05, 0.1) is 20.6 Å². The Hall–Kier alpha value is 0.147. The second-order valence-electron chi connectivity index (χ2n) is 4.01. The number of hydrogen-bond acceptors (Lipinski definition) is 4. The average Bonchev–Trinajstić information content (AvgIpc) is 2.25. The summed E-state index contributed by atoms with van der Waals surface area (Å²) in [5.41, 5.74) is 1.76. The summed E-state index contributed by atoms with van der Waals surface area (Å²) in [7, 11) is 6.67. The van der Waals surface area contributed by atoms with E-state index in [4.69, 9.17) is 25.5 Å². The molecule has 0 aromatic rings. The van der Waals surface area contributed by atoms with Gasteiger partial charge in [0.2, 0.25) is 0 Å². The quantitative estimate of drug-likeness (QED) is 0.370. The zero-order valence-electron chi connectivity index (χ0n) is 10.3. The lowest BCUT2D eigenvalue weighted by atomic mass is 10.4. The minimum atomic E-state index is -2.39. The van der Waals surface area contributed by atoms with Crippen molar-refractivity contribution in [3.8, 4) is 0 Å². The average molecular weight is 252 g/mol. The molecule has 0 spiro atoms. The van der Waals surface area contributed by atoms with Crippen LogP contribution in [0.15, 0.2) is 0 Å². The predicted molar refractivity (Wildman–Crippen MR) is 66.8 cm³/mol. The molecule has 0 radical (unpaired) electrons. The number of nitrogens with zero attached hydrogens (tertiary/aromatic N) is 1. The van der Waals surface area contributed by atoms with Gasteiger partial charge < -0.3 is 13.3 Å². The number of hydrogen-bond donors (Lipinski definition) is 0. The van der Waals surface area contributed by atoms with Gasteiger partial charge in [-0.2, -0.15) is 0 Å². The highest BCUT2D eigenvalue weighted by molar-refractivity contribution is 7.78. The molecule has 0 saturated heterocycles. The van der Waals surface area contributed by atoms with E-state index in [1.165, 1.54) is 0 Å². The first-order valence-electron chi connectivity index (χ1n) is 4.90. The van der Waals surface area contributed by atoms with Crippen LogP contribution in [-0.4, -0.2) is 60.7 Å². The van der Waals surface area contributed by atoms with Crippen molar-refractivity contribution in [3.63, 3.8) is 0 Å². The summed E-state index contributed by atoms with van der Waals surface area (Å²) in [5, 5.41) is 0. The van der Waals surface area contributed by atoms with Crippen LogP contribution in [0, 0.1) is 0 Å². The van der Waals surface area contributed by atoms with Gasteiger partial charge in [0.25, 0.3) is 0 Å². The van der Waals surface area contributed by atoms with Crippen molar-refractivity contribution in [3.05, 3.63) is 0 Å². The van der Waals surface area contributed by atoms with E-state index in [9.17, 15) is 0 Å². The normalized spacial score (nSPS) is 12.9. The predicted octanol–water partition coefficient (Wildman–Crippen LogP) is 1.29. The fourth-order valence-corrected chi connectivity index (χ4v) is 3.12. The Balaban J connectivity index is 4.07. The molecule has 0 aliphatic heterocycles. The van der Waals surface area contributed by atoms with E-state index in [0.29, 0.717) is 0 Å². The monoisotopic (exact) mass is 252 g/mol. The fourth-order valence-electron chi connectivity index (χ4n) is 1.31. The highest BCUT2D eigenvalue weighted by Gasteiger charge is 2.37. The van der Waals surface area contributed by atoms with Crippen LogP contribution in [0.4, 0.5) is 0 Å². The minimum absolute atomic E-state index is 0.719. The molecule has 0 unspecified atom stereocenters. The van der Waals surface area contributed by atoms with Gasteiger partial charge in [0.15, 0.2) is 5.49 Å². The van der Waals surface area contributed by atoms with Crippen molar-refractivity contribution >= 4 is 26.5 Å². The van der Waals surface area contributed by atoms with Crippen LogP contribution in [0.2, 0.25) is 6.04 Å². The lowest BCUT2D eigenvalue weighted by Gasteiger charge is -2.27. The van der Waals surface area contributed by atoms with Gasteiger partial charge in [-0.05, 0) is 12.2 Å². The van der Waals surface area contributed by atoms with Gasteiger partial charge in [-0.15, -0.1) is 0 Å². The zero-order chi connectivity index (χ0) is 11.9. The molecule has 0 aliphatic rings. The molecule has 0 aromatic heterocycles. The molecule has 4 nitrogen and oxygen atoms in total. The van der Waals surface area contributed by atoms with Crippen molar-refractivity contribution in [1.29, 1.82) is 0 Å². The van der Waals surface area contributed by atoms with Crippen LogP contribution in [-0.2, 0) is 13.3 Å². The number of quaternary nitrogens is 1. The fraction of sp³-hybridized carbons (Fsp3) is 0.889. The summed E-state index contributed by atoms with van der Waals surface area (Å²) in [6, 6.07) is 0.821. The molecule has 0 heterocycles. The Labute approximate surface area is 99.1 Å². The Morgan fingerprint density at radius 2 is 1.60 bits per heavy atom. The number of rotatable bonds is 8. The summed E-state index contributed by atoms with van der Waals surface area (Å²) in [6.45, 7) is 0.967. The topological polar surface area (TPSA) is 27.7 Å². The first-order valence-corrected chi connectivity index (χ1v) is 7.30. The van der Waals surface area contributed by atoms with E-state index < -0.39 is 8.80 Å². The third-order valence-corrected chi connectivity index (χ3v) is 5.84. The molecule has 0 aromatic carbocycles. The Morgan fingerprint density at radius 3 is 1.93 bits per heavy atom. The van der Waals surface area contributed by atoms with Crippen molar-refractivity contribution in [2.75, 3.05) is 42.0 Å². The van der Waals surface area contributed by atoms with E-state index >= 15 is 0 Å². The molecule has 0 aliphatic carbocycles. The largest absolute Gasteiger partial charge is 0.500 e. The Bertz CT molecular complexity index is 190. The lowest BCUT2D eigenvalue weighted by molar-refractivity contribution is -0.789. The van der Waals surface area contributed by atoms with E-state index in [1.807, 2.05) is 0 Å². The second kappa shape index (κ2) is 6.67. The van der Waals surface area contributed by atoms with Crippen molar-refractivity contribution < 1.29 is 17.8 Å². The maximum absolute atomic E-state index is 5.34. The van der Waals surface area contributed by atoms with E-state index in [1.54, 1.807) is 26.8 Å². The molecule has 6 heteroatoms. The summed E-state index contributed by atoms with van der Waals surface area (Å²) >= 11 is 4.94. The molecule has 0 atom stereocenters. The van der Waals surface area contributed by atoms with Gasteiger partial charge in [-0.3, -0.25) is 4.48 Å². The molecule has 0 fully saturated rings. The van der Waals surface area contributed by atoms with Crippen LogP contribution < -0.4 is 0 Å². The van der Waals surface area contributed by atoms with Crippen LogP contribution in [0.5, 0.6) is 0 Å². The third kappa shape index (κ3) is 5.14. The van der Waals surface area contributed by atoms with E-state index in [-0.39, 0.29) is 0 Å². The summed E-state index contributed by atoms with van der Waals surface area (Å²) in [6.07, 6.45) is 0.974. The van der Waals surface area contributed by atoms with Crippen molar-refractivity contribution in [2.45, 2.75) is 12.5 Å². The van der Waals surface area contributed by atoms with Gasteiger partial charge in [0, 0.05) is 33.8 Å². The van der Waals surface area contributed by atoms with Crippen molar-refractivity contribution in [2.24, 2.45) is 0 Å². The Morgan fingerprint density at radius 1 is 1.13 bits per heavy atom. The molecule has 0 N–H and O–H groups in total. The smallest absolute Gasteiger partial charge is 0.377 e. The molecular formula is C9H22NO3SSi+. The summed E-state index contributed by atoms with van der Waals surface area (Å²) in [5.74, 6) is 0. The minimum Gasteiger partial charge on any atom is -0.377 e. The molecule has 15 heavy (non-hydrogen) atoms. The second-order valence-corrected chi connectivity index (χ2v) is 7.31. The maximum Gasteiger partial charge on any atom is 0.500 e. The summed E-state index contributed by atoms with van der Waals surface area (Å²) in [4.78, 5) is 0. The summed E-state index contributed by atoms with van der Waals surface area (Å²) < 4.78 is 16.7. The van der Waals surface area contributed by atoms with Crippen LogP contribution in [0.25, 0.3) is 0 Å². The third-order valence-electron chi connectivity index (χ3n) is 2.44.